The summed E-state index contributed by atoms with van der Waals surface area (Å²) in [6, 6.07) is 6.02. The number of sulfonamides is 1. The molecule has 4 N–H and O–H groups in total. The molecule has 7 heteroatoms. The molecule has 1 aromatic carbocycles. The smallest absolute Gasteiger partial charge is 0.322 e. The van der Waals surface area contributed by atoms with Crippen molar-refractivity contribution in [2.75, 3.05) is 5.75 Å². The van der Waals surface area contributed by atoms with Crippen molar-refractivity contribution >= 4 is 16.0 Å². The molecule has 0 radical (unpaired) electrons. The van der Waals surface area contributed by atoms with E-state index in [9.17, 15) is 18.3 Å². The van der Waals surface area contributed by atoms with E-state index in [1.54, 1.807) is 18.2 Å². The lowest BCUT2D eigenvalue weighted by molar-refractivity contribution is -0.138. The number of nitrogens with one attached hydrogen (secondary N) is 1. The number of unbranched alkanes of at least 4 members (excludes halogenated alkanes) is 2. The van der Waals surface area contributed by atoms with Gasteiger partial charge in [-0.05, 0) is 24.0 Å². The van der Waals surface area contributed by atoms with Gasteiger partial charge in [0.2, 0.25) is 10.0 Å². The molecule has 0 amide bonds. The van der Waals surface area contributed by atoms with Crippen LogP contribution < -0.4 is 10.5 Å². The van der Waals surface area contributed by atoms with Crippen LogP contribution in [0, 0.1) is 0 Å². The fourth-order valence-corrected chi connectivity index (χ4v) is 3.44. The van der Waals surface area contributed by atoms with E-state index >= 15 is 0 Å². The molecule has 22 heavy (non-hydrogen) atoms. The third-order valence-corrected chi connectivity index (χ3v) is 4.77. The van der Waals surface area contributed by atoms with Gasteiger partial charge in [-0.1, -0.05) is 44.0 Å². The van der Waals surface area contributed by atoms with Crippen molar-refractivity contribution in [2.24, 2.45) is 5.73 Å². The summed E-state index contributed by atoms with van der Waals surface area (Å²) >= 11 is 0. The quantitative estimate of drug-likeness (QED) is 0.560. The van der Waals surface area contributed by atoms with Gasteiger partial charge in [0.25, 0.3) is 0 Å². The van der Waals surface area contributed by atoms with Crippen LogP contribution in [0.1, 0.15) is 37.3 Å². The third kappa shape index (κ3) is 6.55. The van der Waals surface area contributed by atoms with Crippen LogP contribution in [0.3, 0.4) is 0 Å². The summed E-state index contributed by atoms with van der Waals surface area (Å²) in [7, 11) is -3.59. The van der Waals surface area contributed by atoms with Crippen LogP contribution in [0.5, 0.6) is 0 Å². The Morgan fingerprint density at radius 1 is 1.32 bits per heavy atom. The molecule has 0 bridgehead atoms. The molecule has 1 atom stereocenters. The van der Waals surface area contributed by atoms with Gasteiger partial charge in [-0.2, -0.15) is 0 Å². The first kappa shape index (κ1) is 18.6. The van der Waals surface area contributed by atoms with Crippen LogP contribution in [0.4, 0.5) is 0 Å². The third-order valence-electron chi connectivity index (χ3n) is 3.30. The molecule has 124 valence electrons. The van der Waals surface area contributed by atoms with Crippen molar-refractivity contribution in [1.82, 2.24) is 4.72 Å². The topological polar surface area (TPSA) is 109 Å². The summed E-state index contributed by atoms with van der Waals surface area (Å²) in [6.07, 6.45) is 2.33. The molecule has 0 aromatic heterocycles. The van der Waals surface area contributed by atoms with E-state index in [0.717, 1.165) is 24.0 Å². The van der Waals surface area contributed by atoms with Gasteiger partial charge in [0.1, 0.15) is 6.04 Å². The van der Waals surface area contributed by atoms with Crippen LogP contribution in [0.15, 0.2) is 24.3 Å². The molecule has 0 unspecified atom stereocenters. The Bertz CT molecular complexity index is 587. The average Bonchev–Trinajstić information content (AvgIpc) is 2.46. The number of aliphatic carboxylic acids is 1. The first-order valence-electron chi connectivity index (χ1n) is 7.38. The standard InChI is InChI=1S/C15H24N2O4S/c1-2-3-4-8-22(20,21)17-14(15(18)19)10-12-6-5-7-13(9-12)11-16/h5-7,9,14,17H,2-4,8,10-11,16H2,1H3,(H,18,19)/t14-/m0/s1. The second-order valence-electron chi connectivity index (χ2n) is 5.26. The highest BCUT2D eigenvalue weighted by atomic mass is 32.2. The molecule has 0 saturated heterocycles. The van der Waals surface area contributed by atoms with Gasteiger partial charge < -0.3 is 10.8 Å². The largest absolute Gasteiger partial charge is 0.480 e. The van der Waals surface area contributed by atoms with E-state index < -0.39 is 22.0 Å². The number of hydrogen-bond acceptors (Lipinski definition) is 4. The van der Waals surface area contributed by atoms with E-state index in [1.807, 2.05) is 13.0 Å². The fraction of sp³-hybridized carbons (Fsp3) is 0.533. The number of carbonyl (C=O) groups is 1. The predicted molar refractivity (Wildman–Crippen MR) is 85.9 cm³/mol. The van der Waals surface area contributed by atoms with Gasteiger partial charge in [-0.15, -0.1) is 0 Å². The normalized spacial score (nSPS) is 13.0. The maximum absolute atomic E-state index is 11.9. The molecule has 6 nitrogen and oxygen atoms in total. The SMILES string of the molecule is CCCCCS(=O)(=O)N[C@@H](Cc1cccc(CN)c1)C(=O)O. The lowest BCUT2D eigenvalue weighted by Crippen LogP contribution is -2.43. The number of carboxylic acid groups (broad SMARTS) is 1. The van der Waals surface area contributed by atoms with E-state index in [0.29, 0.717) is 13.0 Å². The Balaban J connectivity index is 2.75. The number of benzene rings is 1. The lowest BCUT2D eigenvalue weighted by atomic mass is 10.0. The Kier molecular flexibility index (Phi) is 7.50. The van der Waals surface area contributed by atoms with Gasteiger partial charge in [-0.25, -0.2) is 13.1 Å². The molecular weight excluding hydrogens is 304 g/mol. The van der Waals surface area contributed by atoms with Crippen LogP contribution >= 0.6 is 0 Å². The van der Waals surface area contributed by atoms with Gasteiger partial charge in [0, 0.05) is 6.54 Å². The van der Waals surface area contributed by atoms with E-state index in [-0.39, 0.29) is 12.2 Å². The summed E-state index contributed by atoms with van der Waals surface area (Å²) in [4.78, 5) is 11.3. The number of rotatable bonds is 10. The highest BCUT2D eigenvalue weighted by Gasteiger charge is 2.24. The Morgan fingerprint density at radius 3 is 2.59 bits per heavy atom. The van der Waals surface area contributed by atoms with E-state index in [4.69, 9.17) is 5.73 Å². The Labute approximate surface area is 131 Å². The van der Waals surface area contributed by atoms with Crippen molar-refractivity contribution < 1.29 is 18.3 Å². The van der Waals surface area contributed by atoms with E-state index in [2.05, 4.69) is 4.72 Å². The average molecular weight is 328 g/mol. The highest BCUT2D eigenvalue weighted by molar-refractivity contribution is 7.89. The number of hydrogen-bond donors (Lipinski definition) is 3. The van der Waals surface area contributed by atoms with Gasteiger partial charge >= 0.3 is 5.97 Å². The Morgan fingerprint density at radius 2 is 2.00 bits per heavy atom. The van der Waals surface area contributed by atoms with Crippen molar-refractivity contribution in [3.05, 3.63) is 35.4 Å². The maximum atomic E-state index is 11.9. The molecule has 1 rings (SSSR count). The van der Waals surface area contributed by atoms with E-state index in [1.165, 1.54) is 0 Å². The molecule has 1 aromatic rings. The zero-order valence-electron chi connectivity index (χ0n) is 12.8. The van der Waals surface area contributed by atoms with Crippen molar-refractivity contribution in [3.8, 4) is 0 Å². The molecule has 0 spiro atoms. The zero-order valence-corrected chi connectivity index (χ0v) is 13.6. The van der Waals surface area contributed by atoms with Gasteiger partial charge in [-0.3, -0.25) is 4.79 Å². The minimum absolute atomic E-state index is 0.0482. The van der Waals surface area contributed by atoms with Crippen LogP contribution in [-0.4, -0.2) is 31.3 Å². The number of nitrogens with two attached hydrogens (primary N) is 1. The fourth-order valence-electron chi connectivity index (χ4n) is 2.12. The van der Waals surface area contributed by atoms with Crippen molar-refractivity contribution in [3.63, 3.8) is 0 Å². The second kappa shape index (κ2) is 8.87. The molecule has 0 heterocycles. The summed E-state index contributed by atoms with van der Waals surface area (Å²) in [6.45, 7) is 2.33. The monoisotopic (exact) mass is 328 g/mol. The number of carboxylic acids is 1. The van der Waals surface area contributed by atoms with Crippen LogP contribution in [-0.2, 0) is 27.8 Å². The maximum Gasteiger partial charge on any atom is 0.322 e. The molecular formula is C15H24N2O4S. The molecule has 0 aliphatic heterocycles. The van der Waals surface area contributed by atoms with Crippen molar-refractivity contribution in [1.29, 1.82) is 0 Å². The van der Waals surface area contributed by atoms with Crippen molar-refractivity contribution in [2.45, 2.75) is 45.2 Å². The predicted octanol–water partition coefficient (Wildman–Crippen LogP) is 1.25. The zero-order chi connectivity index (χ0) is 16.6. The summed E-state index contributed by atoms with van der Waals surface area (Å²) < 4.78 is 26.2. The second-order valence-corrected chi connectivity index (χ2v) is 7.14. The Hall–Kier alpha value is -1.44. The highest BCUT2D eigenvalue weighted by Crippen LogP contribution is 2.09. The van der Waals surface area contributed by atoms with Gasteiger partial charge in [0.05, 0.1) is 5.75 Å². The molecule has 0 aliphatic rings. The van der Waals surface area contributed by atoms with Gasteiger partial charge in [0.15, 0.2) is 0 Å². The summed E-state index contributed by atoms with van der Waals surface area (Å²) in [5.74, 6) is -1.23. The first-order chi connectivity index (χ1) is 10.4. The lowest BCUT2D eigenvalue weighted by Gasteiger charge is -2.15. The summed E-state index contributed by atoms with van der Waals surface area (Å²) in [5.41, 5.74) is 7.18. The van der Waals surface area contributed by atoms with Crippen LogP contribution in [0.25, 0.3) is 0 Å². The summed E-state index contributed by atoms with van der Waals surface area (Å²) in [5, 5.41) is 9.24. The van der Waals surface area contributed by atoms with Crippen LogP contribution in [0.2, 0.25) is 0 Å². The molecule has 0 fully saturated rings. The molecule has 0 aliphatic carbocycles. The minimum Gasteiger partial charge on any atom is -0.480 e. The minimum atomic E-state index is -3.59. The molecule has 0 saturated carbocycles. The first-order valence-corrected chi connectivity index (χ1v) is 9.04.